The van der Waals surface area contributed by atoms with Gasteiger partial charge < -0.3 is 0 Å². The molecule has 0 bridgehead atoms. The van der Waals surface area contributed by atoms with E-state index in [1.807, 2.05) is 24.3 Å². The highest BCUT2D eigenvalue weighted by atomic mass is 79.9. The van der Waals surface area contributed by atoms with Gasteiger partial charge in [0.05, 0.1) is 27.4 Å². The molecule has 0 aromatic carbocycles. The number of nitriles is 4. The molecule has 0 atom stereocenters. The predicted octanol–water partition coefficient (Wildman–Crippen LogP) is 2.88. The first-order chi connectivity index (χ1) is 9.58. The zero-order valence-corrected chi connectivity index (χ0v) is 14.2. The van der Waals surface area contributed by atoms with Crippen LogP contribution >= 0.6 is 54.5 Å². The molecule has 0 unspecified atom stereocenters. The zero-order valence-electron chi connectivity index (χ0n) is 9.36. The van der Waals surface area contributed by atoms with Crippen LogP contribution in [0.3, 0.4) is 0 Å². The molecular formula is C12Br2N4S2. The molecule has 2 heterocycles. The number of halogens is 2. The summed E-state index contributed by atoms with van der Waals surface area (Å²) in [6.07, 6.45) is 0. The normalized spacial score (nSPS) is 9.30. The number of fused-ring (bicyclic) bond motifs is 1. The Balaban J connectivity index is 3.06. The van der Waals surface area contributed by atoms with Gasteiger partial charge in [0.2, 0.25) is 0 Å². The van der Waals surface area contributed by atoms with E-state index in [0.29, 0.717) is 18.0 Å². The Morgan fingerprint density at radius 1 is 0.700 bits per heavy atom. The summed E-state index contributed by atoms with van der Waals surface area (Å²) >= 11 is 9.29. The molecule has 0 N–H and O–H groups in total. The minimum atomic E-state index is 0.0310. The topological polar surface area (TPSA) is 95.2 Å². The lowest BCUT2D eigenvalue weighted by atomic mass is 10.3. The number of hydrogen-bond acceptors (Lipinski definition) is 6. The summed E-state index contributed by atoms with van der Waals surface area (Å²) in [5.41, 5.74) is 0.0620. The summed E-state index contributed by atoms with van der Waals surface area (Å²) < 4.78 is 4.00. The molecule has 2 aromatic rings. The third-order valence-corrected chi connectivity index (χ3v) is 7.53. The van der Waals surface area contributed by atoms with Crippen LogP contribution in [0.25, 0.3) is 20.5 Å². The van der Waals surface area contributed by atoms with Crippen molar-refractivity contribution in [2.24, 2.45) is 0 Å². The van der Waals surface area contributed by atoms with Gasteiger partial charge in [-0.05, 0) is 31.9 Å². The fourth-order valence-corrected chi connectivity index (χ4v) is 5.81. The summed E-state index contributed by atoms with van der Waals surface area (Å²) in [5, 5.41) is 35.7. The second-order valence-electron chi connectivity index (χ2n) is 3.35. The van der Waals surface area contributed by atoms with Crippen LogP contribution in [0, 0.1) is 45.3 Å². The van der Waals surface area contributed by atoms with Crippen LogP contribution in [0.15, 0.2) is 8.95 Å². The van der Waals surface area contributed by atoms with E-state index in [4.69, 9.17) is 21.0 Å². The lowest BCUT2D eigenvalue weighted by Gasteiger charge is -1.84. The summed E-state index contributed by atoms with van der Waals surface area (Å²) in [4.78, 5) is 0. The van der Waals surface area contributed by atoms with Crippen molar-refractivity contribution in [3.8, 4) is 24.3 Å². The van der Waals surface area contributed by atoms with E-state index in [0.717, 1.165) is 9.40 Å². The van der Waals surface area contributed by atoms with Crippen LogP contribution in [0.2, 0.25) is 0 Å². The zero-order chi connectivity index (χ0) is 14.9. The molecule has 0 aliphatic rings. The van der Waals surface area contributed by atoms with Crippen LogP contribution in [-0.4, -0.2) is 0 Å². The average molecular weight is 424 g/mol. The summed E-state index contributed by atoms with van der Waals surface area (Å²) in [6.45, 7) is 0. The van der Waals surface area contributed by atoms with E-state index in [1.54, 1.807) is 0 Å². The fourth-order valence-electron chi connectivity index (χ4n) is 1.46. The predicted molar refractivity (Wildman–Crippen MR) is 83.6 cm³/mol. The Hall–Kier alpha value is -1.68. The standard InChI is InChI=1S/C12Br2N4S2/c13-7-9(5(1-15)2-16)19-12-8(14)10(20-11(7)12)6(3-17)4-18. The fraction of sp³-hybridized carbons (Fsp3) is 0. The van der Waals surface area contributed by atoms with Crippen molar-refractivity contribution in [1.82, 2.24) is 0 Å². The highest BCUT2D eigenvalue weighted by molar-refractivity contribution is 9.11. The molecule has 2 aromatic heterocycles. The van der Waals surface area contributed by atoms with Crippen LogP contribution in [0.1, 0.15) is 0 Å². The molecular weight excluding hydrogens is 424 g/mol. The van der Waals surface area contributed by atoms with Gasteiger partial charge in [0.15, 0.2) is 0 Å². The average Bonchev–Trinajstić information content (AvgIpc) is 2.94. The monoisotopic (exact) mass is 422 g/mol. The second kappa shape index (κ2) is 5.75. The second-order valence-corrected chi connectivity index (χ2v) is 6.97. The van der Waals surface area contributed by atoms with Crippen LogP contribution in [0.5, 0.6) is 0 Å². The van der Waals surface area contributed by atoms with E-state index >= 15 is 0 Å². The molecule has 94 valence electrons. The Bertz CT molecular complexity index is 900. The Kier molecular flexibility index (Phi) is 4.23. The number of hydrogen-bond donors (Lipinski definition) is 0. The van der Waals surface area contributed by atoms with Gasteiger partial charge in [-0.25, -0.2) is 0 Å². The number of rotatable bonds is 0. The quantitative estimate of drug-likeness (QED) is 0.650. The summed E-state index contributed by atoms with van der Waals surface area (Å²) in [7, 11) is 0. The molecule has 0 amide bonds. The van der Waals surface area contributed by atoms with Gasteiger partial charge in [0.1, 0.15) is 35.4 Å². The van der Waals surface area contributed by atoms with E-state index < -0.39 is 0 Å². The van der Waals surface area contributed by atoms with Crippen LogP contribution in [-0.2, 0) is 0 Å². The van der Waals surface area contributed by atoms with E-state index in [1.165, 1.54) is 22.7 Å². The van der Waals surface area contributed by atoms with Gasteiger partial charge in [-0.2, -0.15) is 21.0 Å². The summed E-state index contributed by atoms with van der Waals surface area (Å²) in [6, 6.07) is 7.42. The molecule has 0 fully saturated rings. The lowest BCUT2D eigenvalue weighted by molar-refractivity contribution is 1.50. The first-order valence-electron chi connectivity index (χ1n) is 4.84. The molecule has 0 aliphatic heterocycles. The van der Waals surface area contributed by atoms with E-state index in [2.05, 4.69) is 31.9 Å². The van der Waals surface area contributed by atoms with Crippen LogP contribution < -0.4 is 9.06 Å². The first kappa shape index (κ1) is 14.7. The third-order valence-electron chi connectivity index (χ3n) is 2.31. The number of thiophene rings is 2. The van der Waals surface area contributed by atoms with E-state index in [9.17, 15) is 0 Å². The highest BCUT2D eigenvalue weighted by Crippen LogP contribution is 2.34. The smallest absolute Gasteiger partial charge is 0.148 e. The van der Waals surface area contributed by atoms with Crippen molar-refractivity contribution in [3.05, 3.63) is 18.0 Å². The number of nitrogens with zero attached hydrogens (tertiary/aromatic N) is 4. The van der Waals surface area contributed by atoms with Crippen molar-refractivity contribution in [1.29, 1.82) is 21.0 Å². The summed E-state index contributed by atoms with van der Waals surface area (Å²) in [5.74, 6) is 0. The SMILES string of the molecule is N#CC(C#N)=c1sc2c(Br)c(=C(C#N)C#N)sc2c1Br. The van der Waals surface area contributed by atoms with Gasteiger partial charge in [-0.15, -0.1) is 22.7 Å². The van der Waals surface area contributed by atoms with Gasteiger partial charge in [0.25, 0.3) is 0 Å². The highest BCUT2D eigenvalue weighted by Gasteiger charge is 2.16. The maximum absolute atomic E-state index is 8.93. The van der Waals surface area contributed by atoms with Gasteiger partial charge in [-0.3, -0.25) is 0 Å². The minimum absolute atomic E-state index is 0.0310. The maximum atomic E-state index is 8.93. The van der Waals surface area contributed by atoms with Crippen molar-refractivity contribution >= 4 is 75.1 Å². The van der Waals surface area contributed by atoms with Crippen molar-refractivity contribution < 1.29 is 0 Å². The Morgan fingerprint density at radius 2 is 1.00 bits per heavy atom. The molecule has 20 heavy (non-hydrogen) atoms. The van der Waals surface area contributed by atoms with Crippen LogP contribution in [0.4, 0.5) is 0 Å². The first-order valence-corrected chi connectivity index (χ1v) is 8.06. The third kappa shape index (κ3) is 2.14. The molecule has 4 nitrogen and oxygen atoms in total. The van der Waals surface area contributed by atoms with Gasteiger partial charge in [-0.1, -0.05) is 0 Å². The molecule has 0 aliphatic carbocycles. The molecule has 0 saturated carbocycles. The van der Waals surface area contributed by atoms with E-state index in [-0.39, 0.29) is 11.1 Å². The molecule has 0 saturated heterocycles. The maximum Gasteiger partial charge on any atom is 0.148 e. The molecule has 0 radical (unpaired) electrons. The van der Waals surface area contributed by atoms with Crippen molar-refractivity contribution in [2.75, 3.05) is 0 Å². The van der Waals surface area contributed by atoms with Gasteiger partial charge >= 0.3 is 0 Å². The van der Waals surface area contributed by atoms with Gasteiger partial charge in [0, 0.05) is 0 Å². The minimum Gasteiger partial charge on any atom is -0.192 e. The Morgan fingerprint density at radius 3 is 1.25 bits per heavy atom. The van der Waals surface area contributed by atoms with Crippen molar-refractivity contribution in [3.63, 3.8) is 0 Å². The molecule has 2 rings (SSSR count). The lowest BCUT2D eigenvalue weighted by Crippen LogP contribution is -2.00. The largest absolute Gasteiger partial charge is 0.192 e. The Labute approximate surface area is 138 Å². The molecule has 8 heteroatoms. The van der Waals surface area contributed by atoms with Crippen molar-refractivity contribution in [2.45, 2.75) is 0 Å². The molecule has 0 spiro atoms.